The van der Waals surface area contributed by atoms with E-state index in [9.17, 15) is 18.0 Å². The monoisotopic (exact) mass is 604 g/mol. The predicted octanol–water partition coefficient (Wildman–Crippen LogP) is 5.30. The molecular formula is C32H31F3N6O3. The number of benzene rings is 2. The van der Waals surface area contributed by atoms with Gasteiger partial charge < -0.3 is 4.74 Å². The van der Waals surface area contributed by atoms with Gasteiger partial charge in [-0.3, -0.25) is 14.3 Å². The Morgan fingerprint density at radius 3 is 2.61 bits per heavy atom. The third-order valence-corrected chi connectivity index (χ3v) is 7.96. The molecule has 0 unspecified atom stereocenters. The van der Waals surface area contributed by atoms with Crippen molar-refractivity contribution < 1.29 is 27.5 Å². The van der Waals surface area contributed by atoms with Gasteiger partial charge in [-0.1, -0.05) is 6.07 Å². The number of hydrogen-bond acceptors (Lipinski definition) is 7. The van der Waals surface area contributed by atoms with Crippen molar-refractivity contribution in [3.8, 4) is 16.9 Å². The normalized spacial score (nSPS) is 17.1. The summed E-state index contributed by atoms with van der Waals surface area (Å²) in [5.74, 6) is -2.71. The highest BCUT2D eigenvalue weighted by molar-refractivity contribution is 5.84. The molecule has 1 saturated heterocycles. The second-order valence-corrected chi connectivity index (χ2v) is 11.0. The van der Waals surface area contributed by atoms with E-state index in [1.165, 1.54) is 18.2 Å². The molecule has 0 amide bonds. The van der Waals surface area contributed by atoms with Gasteiger partial charge in [-0.2, -0.15) is 15.3 Å². The minimum absolute atomic E-state index is 0.0395. The maximum Gasteiger partial charge on any atom is 0.159 e. The van der Waals surface area contributed by atoms with Crippen molar-refractivity contribution in [1.82, 2.24) is 29.6 Å². The first-order chi connectivity index (χ1) is 21.2. The number of carbonyl (C=O) groups is 1. The average Bonchev–Trinajstić information content (AvgIpc) is 3.69. The summed E-state index contributed by atoms with van der Waals surface area (Å²) in [5, 5.41) is 11.7. The van der Waals surface area contributed by atoms with Crippen molar-refractivity contribution in [3.63, 3.8) is 0 Å². The van der Waals surface area contributed by atoms with Gasteiger partial charge in [0.2, 0.25) is 0 Å². The maximum absolute atomic E-state index is 14.1. The third kappa shape index (κ3) is 5.88. The van der Waals surface area contributed by atoms with E-state index in [1.54, 1.807) is 46.1 Å². The van der Waals surface area contributed by atoms with Crippen LogP contribution >= 0.6 is 0 Å². The van der Waals surface area contributed by atoms with E-state index in [-0.39, 0.29) is 30.4 Å². The predicted molar refractivity (Wildman–Crippen MR) is 156 cm³/mol. The number of aryl methyl sites for hydroxylation is 1. The first-order valence-electron chi connectivity index (χ1n) is 14.2. The van der Waals surface area contributed by atoms with E-state index in [2.05, 4.69) is 10.1 Å². The number of rotatable bonds is 10. The topological polar surface area (TPSA) is 87.3 Å². The van der Waals surface area contributed by atoms with E-state index in [4.69, 9.17) is 14.7 Å². The second-order valence-electron chi connectivity index (χ2n) is 11.0. The molecule has 4 heterocycles. The highest BCUT2D eigenvalue weighted by atomic mass is 19.2. The SMILES string of the molecule is COCCN1C[C@@H](CC(=O)Cc2c(C)c(-c3cnc4c(cnn4C)c3)nn2-c2ccc(F)cc2)[C@H](c2ccc(F)c(F)c2)O1. The minimum atomic E-state index is -0.975. The molecule has 2 atom stereocenters. The van der Waals surface area contributed by atoms with Crippen LogP contribution in [0.1, 0.15) is 29.3 Å². The summed E-state index contributed by atoms with van der Waals surface area (Å²) in [4.78, 5) is 24.4. The highest BCUT2D eigenvalue weighted by Gasteiger charge is 2.37. The molecule has 0 N–H and O–H groups in total. The second kappa shape index (κ2) is 12.3. The number of hydroxylamine groups is 2. The number of ketones is 1. The van der Waals surface area contributed by atoms with Crippen molar-refractivity contribution in [2.24, 2.45) is 13.0 Å². The van der Waals surface area contributed by atoms with Crippen molar-refractivity contribution >= 4 is 16.8 Å². The van der Waals surface area contributed by atoms with Gasteiger partial charge in [0.05, 0.1) is 29.9 Å². The zero-order valence-electron chi connectivity index (χ0n) is 24.5. The Morgan fingerprint density at radius 1 is 1.07 bits per heavy atom. The highest BCUT2D eigenvalue weighted by Crippen LogP contribution is 2.37. The molecule has 3 aromatic heterocycles. The summed E-state index contributed by atoms with van der Waals surface area (Å²) in [6.07, 6.45) is 2.97. The Hall–Kier alpha value is -4.39. The quantitative estimate of drug-likeness (QED) is 0.214. The fourth-order valence-electron chi connectivity index (χ4n) is 5.71. The number of hydrogen-bond donors (Lipinski definition) is 0. The number of carbonyl (C=O) groups excluding carboxylic acids is 1. The lowest BCUT2D eigenvalue weighted by Crippen LogP contribution is -2.24. The van der Waals surface area contributed by atoms with Gasteiger partial charge in [-0.15, -0.1) is 0 Å². The first kappa shape index (κ1) is 29.7. The summed E-state index contributed by atoms with van der Waals surface area (Å²) < 4.78 is 50.2. The van der Waals surface area contributed by atoms with E-state index in [0.29, 0.717) is 42.3 Å². The van der Waals surface area contributed by atoms with E-state index in [0.717, 1.165) is 34.3 Å². The van der Waals surface area contributed by atoms with Crippen molar-refractivity contribution in [3.05, 3.63) is 95.2 Å². The molecule has 12 heteroatoms. The van der Waals surface area contributed by atoms with Gasteiger partial charge in [0.25, 0.3) is 0 Å². The van der Waals surface area contributed by atoms with E-state index in [1.807, 2.05) is 20.0 Å². The van der Waals surface area contributed by atoms with Crippen LogP contribution in [0.25, 0.3) is 28.0 Å². The molecule has 1 aliphatic rings. The fourth-order valence-corrected chi connectivity index (χ4v) is 5.71. The number of Topliss-reactive ketones (excluding diaryl/α,β-unsaturated/α-hetero) is 1. The van der Waals surface area contributed by atoms with Crippen molar-refractivity contribution in [2.75, 3.05) is 26.8 Å². The van der Waals surface area contributed by atoms with Gasteiger partial charge in [-0.05, 0) is 60.5 Å². The first-order valence-corrected chi connectivity index (χ1v) is 14.2. The molecule has 1 fully saturated rings. The summed E-state index contributed by atoms with van der Waals surface area (Å²) in [7, 11) is 3.40. The Morgan fingerprint density at radius 2 is 1.86 bits per heavy atom. The fraction of sp³-hybridized carbons (Fsp3) is 0.312. The molecule has 0 radical (unpaired) electrons. The molecule has 6 rings (SSSR count). The Bertz CT molecular complexity index is 1820. The molecule has 228 valence electrons. The number of methoxy groups -OCH3 is 1. The summed E-state index contributed by atoms with van der Waals surface area (Å²) >= 11 is 0. The van der Waals surface area contributed by atoms with Gasteiger partial charge >= 0.3 is 0 Å². The Balaban J connectivity index is 1.31. The van der Waals surface area contributed by atoms with Crippen LogP contribution in [0.2, 0.25) is 0 Å². The van der Waals surface area contributed by atoms with Crippen LogP contribution in [-0.2, 0) is 27.8 Å². The number of pyridine rings is 1. The smallest absolute Gasteiger partial charge is 0.159 e. The summed E-state index contributed by atoms with van der Waals surface area (Å²) in [6.45, 7) is 3.17. The Labute approximate surface area is 251 Å². The van der Waals surface area contributed by atoms with Gasteiger partial charge in [-0.25, -0.2) is 22.8 Å². The van der Waals surface area contributed by atoms with E-state index >= 15 is 0 Å². The lowest BCUT2D eigenvalue weighted by atomic mass is 9.90. The van der Waals surface area contributed by atoms with E-state index < -0.39 is 17.7 Å². The lowest BCUT2D eigenvalue weighted by Gasteiger charge is -2.18. The lowest BCUT2D eigenvalue weighted by molar-refractivity contribution is -0.155. The van der Waals surface area contributed by atoms with Crippen LogP contribution in [0.15, 0.2) is 60.9 Å². The molecule has 9 nitrogen and oxygen atoms in total. The largest absolute Gasteiger partial charge is 0.383 e. The average molecular weight is 605 g/mol. The zero-order valence-corrected chi connectivity index (χ0v) is 24.5. The molecule has 0 aliphatic carbocycles. The molecule has 2 aromatic carbocycles. The molecule has 0 spiro atoms. The van der Waals surface area contributed by atoms with Crippen molar-refractivity contribution in [2.45, 2.75) is 25.9 Å². The van der Waals surface area contributed by atoms with Crippen LogP contribution in [0.5, 0.6) is 0 Å². The number of aromatic nitrogens is 5. The van der Waals surface area contributed by atoms with Gasteiger partial charge in [0.15, 0.2) is 17.3 Å². The summed E-state index contributed by atoms with van der Waals surface area (Å²) in [6, 6.07) is 11.5. The van der Waals surface area contributed by atoms with Crippen LogP contribution in [0.3, 0.4) is 0 Å². The molecule has 0 bridgehead atoms. The molecule has 1 aliphatic heterocycles. The van der Waals surface area contributed by atoms with Gasteiger partial charge in [0.1, 0.15) is 17.7 Å². The minimum Gasteiger partial charge on any atom is -0.383 e. The van der Waals surface area contributed by atoms with Crippen LogP contribution in [-0.4, -0.2) is 62.2 Å². The standard InChI is InChI=1S/C32H31F3N6O3/c1-19-29(15-26(42)13-23-18-40(10-11-43-3)44-31(23)20-4-9-27(34)28(35)14-20)41(25-7-5-24(33)6-8-25)38-30(19)21-12-22-17-37-39(2)32(22)36-16-21/h4-9,12,14,16-17,23,31H,10-11,13,15,18H2,1-3H3/t23-,31+/m1/s1. The number of fused-ring (bicyclic) bond motifs is 1. The zero-order chi connectivity index (χ0) is 31.0. The number of nitrogens with zero attached hydrogens (tertiary/aromatic N) is 6. The van der Waals surface area contributed by atoms with Crippen molar-refractivity contribution in [1.29, 1.82) is 0 Å². The molecule has 44 heavy (non-hydrogen) atoms. The molecule has 5 aromatic rings. The Kier molecular flexibility index (Phi) is 8.30. The van der Waals surface area contributed by atoms with Crippen LogP contribution in [0, 0.1) is 30.3 Å². The number of ether oxygens (including phenoxy) is 1. The summed E-state index contributed by atoms with van der Waals surface area (Å²) in [5.41, 5.74) is 4.63. The van der Waals surface area contributed by atoms with Gasteiger partial charge in [0, 0.05) is 63.2 Å². The molecular weight excluding hydrogens is 573 g/mol. The molecule has 0 saturated carbocycles. The van der Waals surface area contributed by atoms with Crippen LogP contribution < -0.4 is 0 Å². The van der Waals surface area contributed by atoms with Crippen LogP contribution in [0.4, 0.5) is 13.2 Å². The maximum atomic E-state index is 14.1. The third-order valence-electron chi connectivity index (χ3n) is 7.96. The number of halogens is 3.